The summed E-state index contributed by atoms with van der Waals surface area (Å²) in [7, 11) is 1.39. The molecule has 1 amide bonds. The number of nitrogens with zero attached hydrogens (tertiary/aromatic N) is 1. The van der Waals surface area contributed by atoms with Gasteiger partial charge < -0.3 is 24.6 Å². The van der Waals surface area contributed by atoms with Crippen molar-refractivity contribution in [3.63, 3.8) is 0 Å². The number of aromatic nitrogens is 1. The lowest BCUT2D eigenvalue weighted by molar-refractivity contribution is -0.151. The molecule has 11 heteroatoms. The van der Waals surface area contributed by atoms with Crippen LogP contribution < -0.4 is 14.8 Å². The lowest BCUT2D eigenvalue weighted by atomic mass is 10.1. The highest BCUT2D eigenvalue weighted by atomic mass is 19.1. The van der Waals surface area contributed by atoms with E-state index in [1.807, 2.05) is 27.7 Å². The first-order chi connectivity index (χ1) is 17.4. The van der Waals surface area contributed by atoms with Crippen LogP contribution in [0.5, 0.6) is 17.2 Å². The van der Waals surface area contributed by atoms with Crippen LogP contribution >= 0.6 is 0 Å². The molecule has 0 saturated carbocycles. The maximum absolute atomic E-state index is 12.7. The van der Waals surface area contributed by atoms with E-state index in [0.717, 1.165) is 24.6 Å². The molecule has 0 spiro atoms. The lowest BCUT2D eigenvalue weighted by Crippen LogP contribution is -2.43. The summed E-state index contributed by atoms with van der Waals surface area (Å²) < 4.78 is 39.8. The fraction of sp³-hybridized carbons (Fsp3) is 0.462. The Morgan fingerprint density at radius 1 is 1.14 bits per heavy atom. The number of carbonyl (C=O) groups excluding carboxylic acids is 3. The molecule has 1 aromatic heterocycles. The molecule has 0 radical (unpaired) electrons. The molecule has 0 aliphatic rings. The van der Waals surface area contributed by atoms with Crippen molar-refractivity contribution >= 4 is 17.8 Å². The van der Waals surface area contributed by atoms with Crippen molar-refractivity contribution < 1.29 is 42.5 Å². The summed E-state index contributed by atoms with van der Waals surface area (Å²) in [6.07, 6.45) is 2.91. The maximum Gasteiger partial charge on any atom is 0.328 e. The van der Waals surface area contributed by atoms with Crippen LogP contribution in [0.1, 0.15) is 64.4 Å². The van der Waals surface area contributed by atoms with E-state index in [-0.39, 0.29) is 23.3 Å². The summed E-state index contributed by atoms with van der Waals surface area (Å²) in [5.74, 6) is -3.40. The maximum atomic E-state index is 12.7. The van der Waals surface area contributed by atoms with Gasteiger partial charge in [-0.25, -0.2) is 18.6 Å². The van der Waals surface area contributed by atoms with Crippen LogP contribution in [0.4, 0.5) is 8.78 Å². The van der Waals surface area contributed by atoms with Crippen molar-refractivity contribution in [2.24, 2.45) is 5.92 Å². The number of phenols is 1. The number of benzene rings is 1. The number of amides is 1. The molecule has 0 fully saturated rings. The smallest absolute Gasteiger partial charge is 0.328 e. The Bertz CT molecular complexity index is 1060. The third kappa shape index (κ3) is 10.8. The van der Waals surface area contributed by atoms with Crippen LogP contribution in [0.25, 0.3) is 0 Å². The highest BCUT2D eigenvalue weighted by Crippen LogP contribution is 2.29. The fourth-order valence-corrected chi connectivity index (χ4v) is 3.24. The predicted molar refractivity (Wildman–Crippen MR) is 131 cm³/mol. The summed E-state index contributed by atoms with van der Waals surface area (Å²) in [4.78, 5) is 40.6. The SMILES string of the molecule is CCC[C@H](NC(=O)c1nccc(OC)c1OC(C)=O)C(=O)OC(C)CC(C)C.Oc1cc(F)ccc1F. The number of halogens is 2. The highest BCUT2D eigenvalue weighted by Gasteiger charge is 2.27. The fourth-order valence-electron chi connectivity index (χ4n) is 3.24. The molecule has 1 heterocycles. The average molecular weight is 525 g/mol. The highest BCUT2D eigenvalue weighted by molar-refractivity contribution is 5.98. The molecular formula is C26H34F2N2O7. The third-order valence-corrected chi connectivity index (χ3v) is 4.75. The van der Waals surface area contributed by atoms with Crippen molar-refractivity contribution in [2.45, 2.75) is 66.0 Å². The van der Waals surface area contributed by atoms with Crippen LogP contribution in [0.15, 0.2) is 30.5 Å². The number of methoxy groups -OCH3 is 1. The van der Waals surface area contributed by atoms with E-state index < -0.39 is 41.3 Å². The topological polar surface area (TPSA) is 124 Å². The van der Waals surface area contributed by atoms with Gasteiger partial charge in [0.2, 0.25) is 5.75 Å². The quantitative estimate of drug-likeness (QED) is 0.434. The Labute approximate surface area is 215 Å². The van der Waals surface area contributed by atoms with Crippen LogP contribution in [-0.4, -0.2) is 47.2 Å². The van der Waals surface area contributed by atoms with E-state index in [0.29, 0.717) is 18.8 Å². The van der Waals surface area contributed by atoms with E-state index in [1.165, 1.54) is 26.3 Å². The molecule has 1 unspecified atom stereocenters. The predicted octanol–water partition coefficient (Wildman–Crippen LogP) is 4.56. The minimum atomic E-state index is -0.828. The molecule has 0 aliphatic heterocycles. The zero-order chi connectivity index (χ0) is 28.1. The van der Waals surface area contributed by atoms with Crippen molar-refractivity contribution in [1.29, 1.82) is 0 Å². The Kier molecular flexibility index (Phi) is 13.0. The van der Waals surface area contributed by atoms with Crippen molar-refractivity contribution in [3.8, 4) is 17.2 Å². The molecule has 2 rings (SSSR count). The Morgan fingerprint density at radius 3 is 2.32 bits per heavy atom. The van der Waals surface area contributed by atoms with Gasteiger partial charge in [0, 0.05) is 25.3 Å². The first kappa shape index (κ1) is 31.3. The molecule has 37 heavy (non-hydrogen) atoms. The van der Waals surface area contributed by atoms with Gasteiger partial charge in [0.05, 0.1) is 13.2 Å². The molecule has 0 aliphatic carbocycles. The molecule has 9 nitrogen and oxygen atoms in total. The van der Waals surface area contributed by atoms with Gasteiger partial charge in [-0.1, -0.05) is 27.2 Å². The van der Waals surface area contributed by atoms with Gasteiger partial charge >= 0.3 is 11.9 Å². The van der Waals surface area contributed by atoms with Gasteiger partial charge in [-0.2, -0.15) is 0 Å². The lowest BCUT2D eigenvalue weighted by Gasteiger charge is -2.21. The minimum absolute atomic E-state index is 0.0909. The molecule has 2 N–H and O–H groups in total. The summed E-state index contributed by atoms with van der Waals surface area (Å²) in [6, 6.07) is 3.17. The zero-order valence-corrected chi connectivity index (χ0v) is 21.8. The standard InChI is InChI=1S/C20H30N2O6.C6H4F2O/c1-7-8-15(20(25)27-13(4)11-12(2)3)22-19(24)17-18(28-14(5)23)16(26-6)9-10-21-17;7-4-1-2-5(8)6(9)3-4/h9-10,12-13,15H,7-8,11H2,1-6H3,(H,22,24);1-3,9H/t13?,15-;/m0./s1. The van der Waals surface area contributed by atoms with Gasteiger partial charge in [0.1, 0.15) is 11.9 Å². The number of carbonyl (C=O) groups is 3. The van der Waals surface area contributed by atoms with Crippen LogP contribution in [0.3, 0.4) is 0 Å². The number of ether oxygens (including phenoxy) is 3. The van der Waals surface area contributed by atoms with E-state index in [2.05, 4.69) is 10.3 Å². The van der Waals surface area contributed by atoms with Gasteiger partial charge in [-0.15, -0.1) is 0 Å². The number of hydrogen-bond donors (Lipinski definition) is 2. The first-order valence-corrected chi connectivity index (χ1v) is 11.8. The van der Waals surface area contributed by atoms with E-state index in [9.17, 15) is 23.2 Å². The second kappa shape index (κ2) is 15.4. The van der Waals surface area contributed by atoms with Gasteiger partial charge in [0.15, 0.2) is 23.0 Å². The molecule has 204 valence electrons. The van der Waals surface area contributed by atoms with Gasteiger partial charge in [-0.3, -0.25) is 9.59 Å². The van der Waals surface area contributed by atoms with Gasteiger partial charge in [0.25, 0.3) is 5.91 Å². The Morgan fingerprint density at radius 2 is 1.81 bits per heavy atom. The Hall–Kier alpha value is -3.76. The summed E-state index contributed by atoms with van der Waals surface area (Å²) >= 11 is 0. The second-order valence-corrected chi connectivity index (χ2v) is 8.57. The van der Waals surface area contributed by atoms with Crippen molar-refractivity contribution in [3.05, 3.63) is 47.8 Å². The van der Waals surface area contributed by atoms with E-state index in [1.54, 1.807) is 0 Å². The van der Waals surface area contributed by atoms with Crippen molar-refractivity contribution in [1.82, 2.24) is 10.3 Å². The number of phenolic OH excluding ortho intramolecular Hbond substituents is 1. The molecule has 0 bridgehead atoms. The second-order valence-electron chi connectivity index (χ2n) is 8.57. The van der Waals surface area contributed by atoms with Crippen LogP contribution in [0, 0.1) is 17.6 Å². The number of rotatable bonds is 10. The molecule has 2 atom stereocenters. The number of nitrogens with one attached hydrogen (secondary N) is 1. The van der Waals surface area contributed by atoms with Crippen LogP contribution in [0.2, 0.25) is 0 Å². The zero-order valence-electron chi connectivity index (χ0n) is 21.8. The molecule has 2 aromatic rings. The summed E-state index contributed by atoms with van der Waals surface area (Å²) in [6.45, 7) is 9.02. The van der Waals surface area contributed by atoms with E-state index in [4.69, 9.17) is 19.3 Å². The number of pyridine rings is 1. The number of esters is 2. The third-order valence-electron chi connectivity index (χ3n) is 4.75. The molecule has 0 saturated heterocycles. The molecule has 1 aromatic carbocycles. The van der Waals surface area contributed by atoms with Crippen LogP contribution in [-0.2, 0) is 14.3 Å². The number of aromatic hydroxyl groups is 1. The normalized spacial score (nSPS) is 12.0. The van der Waals surface area contributed by atoms with E-state index >= 15 is 0 Å². The minimum Gasteiger partial charge on any atom is -0.505 e. The Balaban J connectivity index is 0.000000635. The summed E-state index contributed by atoms with van der Waals surface area (Å²) in [5.41, 5.74) is -0.140. The van der Waals surface area contributed by atoms with Crippen molar-refractivity contribution in [2.75, 3.05) is 7.11 Å². The largest absolute Gasteiger partial charge is 0.505 e. The average Bonchev–Trinajstić information content (AvgIpc) is 2.80. The number of hydrogen-bond acceptors (Lipinski definition) is 8. The monoisotopic (exact) mass is 524 g/mol. The molecular weight excluding hydrogens is 490 g/mol. The first-order valence-electron chi connectivity index (χ1n) is 11.8. The van der Waals surface area contributed by atoms with Gasteiger partial charge in [-0.05, 0) is 37.8 Å². The summed E-state index contributed by atoms with van der Waals surface area (Å²) in [5, 5.41) is 11.1.